The third-order valence-electron chi connectivity index (χ3n) is 1.60. The number of nitrogens with zero attached hydrogens (tertiary/aromatic N) is 2. The van der Waals surface area contributed by atoms with Crippen LogP contribution >= 0.6 is 0 Å². The first kappa shape index (κ1) is 12.5. The van der Waals surface area contributed by atoms with Crippen molar-refractivity contribution < 1.29 is 4.39 Å². The van der Waals surface area contributed by atoms with Crippen molar-refractivity contribution in [3.8, 4) is 0 Å². The van der Waals surface area contributed by atoms with E-state index in [1.54, 1.807) is 13.0 Å². The zero-order chi connectivity index (χ0) is 11.1. The molecule has 14 heavy (non-hydrogen) atoms. The van der Waals surface area contributed by atoms with Gasteiger partial charge in [-0.25, -0.2) is 4.39 Å². The van der Waals surface area contributed by atoms with Gasteiger partial charge in [-0.2, -0.15) is 0 Å². The van der Waals surface area contributed by atoms with Gasteiger partial charge in [0.25, 0.3) is 0 Å². The van der Waals surface area contributed by atoms with E-state index in [4.69, 9.17) is 0 Å². The molecule has 0 atom stereocenters. The monoisotopic (exact) mass is 194 g/mol. The molecule has 1 rings (SSSR count). The molecule has 0 unspecified atom stereocenters. The number of halogens is 1. The number of aryl methyl sites for hydroxylation is 1. The van der Waals surface area contributed by atoms with Crippen LogP contribution in [0.2, 0.25) is 0 Å². The molecule has 0 N–H and O–H groups in total. The van der Waals surface area contributed by atoms with Crippen LogP contribution in [0.25, 0.3) is 0 Å². The molecule has 0 saturated carbocycles. The Kier molecular flexibility index (Phi) is 5.37. The van der Waals surface area contributed by atoms with E-state index in [0.29, 0.717) is 16.9 Å². The van der Waals surface area contributed by atoms with Crippen molar-refractivity contribution in [3.05, 3.63) is 23.5 Å². The van der Waals surface area contributed by atoms with Crippen LogP contribution in [0.5, 0.6) is 0 Å². The number of aliphatic imine (C=N–C) groups is 2. The summed E-state index contributed by atoms with van der Waals surface area (Å²) in [7, 11) is 0. The normalized spacial score (nSPS) is 8.57. The van der Waals surface area contributed by atoms with Crippen LogP contribution in [-0.4, -0.2) is 13.4 Å². The molecule has 0 spiro atoms. The molecule has 0 amide bonds. The van der Waals surface area contributed by atoms with Crippen LogP contribution in [0.3, 0.4) is 0 Å². The molecular formula is C11H15FN2. The summed E-state index contributed by atoms with van der Waals surface area (Å²) in [6.07, 6.45) is 0. The smallest absolute Gasteiger partial charge is 0.128 e. The minimum Gasteiger partial charge on any atom is -0.262 e. The minimum atomic E-state index is -0.301. The molecule has 0 bridgehead atoms. The fourth-order valence-corrected chi connectivity index (χ4v) is 0.909. The fraction of sp³-hybridized carbons (Fsp3) is 0.273. The summed E-state index contributed by atoms with van der Waals surface area (Å²) in [4.78, 5) is 7.31. The molecule has 0 aliphatic carbocycles. The Labute approximate surface area is 84.2 Å². The Morgan fingerprint density at radius 1 is 1.07 bits per heavy atom. The van der Waals surface area contributed by atoms with Gasteiger partial charge in [-0.1, -0.05) is 13.8 Å². The lowest BCUT2D eigenvalue weighted by molar-refractivity contribution is 0.619. The molecule has 0 heterocycles. The Hall–Kier alpha value is -1.51. The highest BCUT2D eigenvalue weighted by molar-refractivity contribution is 5.67. The number of hydrogen-bond donors (Lipinski definition) is 0. The van der Waals surface area contributed by atoms with Crippen LogP contribution < -0.4 is 0 Å². The van der Waals surface area contributed by atoms with Crippen LogP contribution in [-0.2, 0) is 0 Å². The van der Waals surface area contributed by atoms with Crippen molar-refractivity contribution in [2.24, 2.45) is 9.98 Å². The standard InChI is InChI=1S/C9H9FN2.C2H6/c1-6-4-8(11-2)9(12-3)5-7(6)10;1-2/h4-5H,2-3H2,1H3;1-2H3. The van der Waals surface area contributed by atoms with Crippen molar-refractivity contribution in [3.63, 3.8) is 0 Å². The van der Waals surface area contributed by atoms with Crippen molar-refractivity contribution in [2.75, 3.05) is 0 Å². The third-order valence-corrected chi connectivity index (χ3v) is 1.60. The summed E-state index contributed by atoms with van der Waals surface area (Å²) in [5.41, 5.74) is 1.52. The number of rotatable bonds is 2. The molecule has 0 aliphatic rings. The van der Waals surface area contributed by atoms with Crippen molar-refractivity contribution in [2.45, 2.75) is 20.8 Å². The Bertz CT molecular complexity index is 299. The van der Waals surface area contributed by atoms with Gasteiger partial charge >= 0.3 is 0 Å². The van der Waals surface area contributed by atoms with Gasteiger partial charge in [-0.05, 0) is 32.0 Å². The third kappa shape index (κ3) is 2.76. The number of hydrogen-bond acceptors (Lipinski definition) is 2. The molecule has 0 aliphatic heterocycles. The van der Waals surface area contributed by atoms with E-state index in [-0.39, 0.29) is 5.82 Å². The minimum absolute atomic E-state index is 0.301. The highest BCUT2D eigenvalue weighted by Crippen LogP contribution is 2.29. The summed E-state index contributed by atoms with van der Waals surface area (Å²) in [5, 5.41) is 0. The van der Waals surface area contributed by atoms with E-state index >= 15 is 0 Å². The second-order valence-corrected chi connectivity index (χ2v) is 2.41. The van der Waals surface area contributed by atoms with Crippen molar-refractivity contribution in [1.29, 1.82) is 0 Å². The van der Waals surface area contributed by atoms with Crippen molar-refractivity contribution in [1.82, 2.24) is 0 Å². The summed E-state index contributed by atoms with van der Waals surface area (Å²) in [6, 6.07) is 2.89. The molecule has 0 aromatic heterocycles. The lowest BCUT2D eigenvalue weighted by atomic mass is 10.2. The lowest BCUT2D eigenvalue weighted by Crippen LogP contribution is -1.80. The first-order chi connectivity index (χ1) is 6.69. The summed E-state index contributed by atoms with van der Waals surface area (Å²) >= 11 is 0. The number of benzene rings is 1. The highest BCUT2D eigenvalue weighted by atomic mass is 19.1. The van der Waals surface area contributed by atoms with Gasteiger partial charge in [0.15, 0.2) is 0 Å². The van der Waals surface area contributed by atoms with E-state index in [1.807, 2.05) is 13.8 Å². The second-order valence-electron chi connectivity index (χ2n) is 2.41. The zero-order valence-corrected chi connectivity index (χ0v) is 8.84. The van der Waals surface area contributed by atoms with E-state index in [1.165, 1.54) is 6.07 Å². The van der Waals surface area contributed by atoms with Crippen LogP contribution in [0.15, 0.2) is 22.1 Å². The maximum Gasteiger partial charge on any atom is 0.128 e. The first-order valence-electron chi connectivity index (χ1n) is 4.42. The Balaban J connectivity index is 0.000000791. The van der Waals surface area contributed by atoms with Crippen LogP contribution in [0.4, 0.5) is 15.8 Å². The van der Waals surface area contributed by atoms with E-state index in [0.717, 1.165) is 0 Å². The molecule has 76 valence electrons. The van der Waals surface area contributed by atoms with E-state index < -0.39 is 0 Å². The molecule has 0 saturated heterocycles. The molecule has 0 radical (unpaired) electrons. The van der Waals surface area contributed by atoms with E-state index in [9.17, 15) is 4.39 Å². The maximum absolute atomic E-state index is 12.9. The maximum atomic E-state index is 12.9. The summed E-state index contributed by atoms with van der Waals surface area (Å²) in [6.45, 7) is 12.3. The summed E-state index contributed by atoms with van der Waals surface area (Å²) in [5.74, 6) is -0.301. The first-order valence-corrected chi connectivity index (χ1v) is 4.42. The van der Waals surface area contributed by atoms with Gasteiger partial charge in [0.1, 0.15) is 5.82 Å². The molecule has 0 fully saturated rings. The topological polar surface area (TPSA) is 24.7 Å². The molecule has 3 heteroatoms. The van der Waals surface area contributed by atoms with Gasteiger partial charge in [0.05, 0.1) is 11.4 Å². The van der Waals surface area contributed by atoms with Gasteiger partial charge in [0, 0.05) is 6.07 Å². The van der Waals surface area contributed by atoms with Gasteiger partial charge in [0.2, 0.25) is 0 Å². The molecular weight excluding hydrogens is 179 g/mol. The lowest BCUT2D eigenvalue weighted by Gasteiger charge is -2.01. The van der Waals surface area contributed by atoms with Crippen LogP contribution in [0, 0.1) is 12.7 Å². The van der Waals surface area contributed by atoms with Crippen LogP contribution in [0.1, 0.15) is 19.4 Å². The molecule has 2 nitrogen and oxygen atoms in total. The van der Waals surface area contributed by atoms with E-state index in [2.05, 4.69) is 23.4 Å². The van der Waals surface area contributed by atoms with Gasteiger partial charge < -0.3 is 0 Å². The Morgan fingerprint density at radius 3 is 1.93 bits per heavy atom. The van der Waals surface area contributed by atoms with Crippen molar-refractivity contribution >= 4 is 24.8 Å². The summed E-state index contributed by atoms with van der Waals surface area (Å²) < 4.78 is 12.9. The fourth-order valence-electron chi connectivity index (χ4n) is 0.909. The molecule has 1 aromatic rings. The molecule has 1 aromatic carbocycles. The predicted molar refractivity (Wildman–Crippen MR) is 60.9 cm³/mol. The average molecular weight is 194 g/mol. The Morgan fingerprint density at radius 2 is 1.50 bits per heavy atom. The second kappa shape index (κ2) is 6.02. The van der Waals surface area contributed by atoms with Gasteiger partial charge in [-0.3, -0.25) is 9.98 Å². The average Bonchev–Trinajstić information content (AvgIpc) is 2.24. The zero-order valence-electron chi connectivity index (χ0n) is 8.84. The SMILES string of the molecule is C=Nc1cc(C)c(F)cc1N=C.CC. The quantitative estimate of drug-likeness (QED) is 0.639. The largest absolute Gasteiger partial charge is 0.262 e. The predicted octanol–water partition coefficient (Wildman–Crippen LogP) is 3.82. The van der Waals surface area contributed by atoms with Gasteiger partial charge in [-0.15, -0.1) is 0 Å². The highest BCUT2D eigenvalue weighted by Gasteiger charge is 2.03.